The van der Waals surface area contributed by atoms with Gasteiger partial charge in [-0.1, -0.05) is 12.1 Å². The van der Waals surface area contributed by atoms with E-state index in [0.29, 0.717) is 0 Å². The molecule has 3 rings (SSSR count). The maximum absolute atomic E-state index is 5.22. The molecule has 0 amide bonds. The third-order valence-electron chi connectivity index (χ3n) is 4.38. The van der Waals surface area contributed by atoms with Crippen molar-refractivity contribution in [1.82, 2.24) is 4.90 Å². The molecular weight excluding hydrogens is 288 g/mol. The summed E-state index contributed by atoms with van der Waals surface area (Å²) >= 11 is 0. The van der Waals surface area contributed by atoms with Gasteiger partial charge in [0, 0.05) is 38.4 Å². The highest BCUT2D eigenvalue weighted by molar-refractivity contribution is 5.49. The second-order valence-corrected chi connectivity index (χ2v) is 5.81. The maximum atomic E-state index is 5.22. The molecule has 2 aromatic carbocycles. The smallest absolute Gasteiger partial charge is 0.119 e. The highest BCUT2D eigenvalue weighted by atomic mass is 16.5. The standard InChI is InChI=1S/C19H24N2O2/c1-22-18-7-3-16(4-8-18)15-20-11-13-21(14-12-20)17-5-9-19(23-2)10-6-17/h3-10H,11-15H2,1-2H3. The van der Waals surface area contributed by atoms with Crippen molar-refractivity contribution >= 4 is 5.69 Å². The minimum atomic E-state index is 0.909. The maximum Gasteiger partial charge on any atom is 0.119 e. The van der Waals surface area contributed by atoms with Crippen LogP contribution in [-0.2, 0) is 6.54 Å². The number of ether oxygens (including phenoxy) is 2. The Labute approximate surface area is 138 Å². The first kappa shape index (κ1) is 15.7. The van der Waals surface area contributed by atoms with E-state index in [0.717, 1.165) is 44.2 Å². The van der Waals surface area contributed by atoms with Gasteiger partial charge in [-0.3, -0.25) is 4.90 Å². The Balaban J connectivity index is 1.53. The highest BCUT2D eigenvalue weighted by Gasteiger charge is 2.17. The Morgan fingerprint density at radius 2 is 1.26 bits per heavy atom. The number of anilines is 1. The molecule has 0 unspecified atom stereocenters. The Bertz CT molecular complexity index is 602. The van der Waals surface area contributed by atoms with Crippen LogP contribution >= 0.6 is 0 Å². The molecule has 0 aliphatic carbocycles. The van der Waals surface area contributed by atoms with E-state index in [1.165, 1.54) is 11.3 Å². The first-order chi connectivity index (χ1) is 11.3. The Hall–Kier alpha value is -2.20. The molecule has 0 atom stereocenters. The minimum absolute atomic E-state index is 0.909. The zero-order valence-electron chi connectivity index (χ0n) is 13.9. The molecule has 23 heavy (non-hydrogen) atoms. The average Bonchev–Trinajstić information content (AvgIpc) is 2.63. The van der Waals surface area contributed by atoms with E-state index in [-0.39, 0.29) is 0 Å². The molecule has 0 bridgehead atoms. The normalized spacial score (nSPS) is 15.5. The molecule has 4 heteroatoms. The first-order valence-electron chi connectivity index (χ1n) is 8.03. The molecular formula is C19H24N2O2. The van der Waals surface area contributed by atoms with E-state index in [1.807, 2.05) is 24.3 Å². The van der Waals surface area contributed by atoms with Crippen LogP contribution in [0.25, 0.3) is 0 Å². The van der Waals surface area contributed by atoms with E-state index in [9.17, 15) is 0 Å². The molecule has 122 valence electrons. The zero-order valence-corrected chi connectivity index (χ0v) is 13.9. The summed E-state index contributed by atoms with van der Waals surface area (Å²) in [6, 6.07) is 16.7. The molecule has 1 fully saturated rings. The fourth-order valence-electron chi connectivity index (χ4n) is 2.95. The van der Waals surface area contributed by atoms with Crippen molar-refractivity contribution in [2.45, 2.75) is 6.54 Å². The Morgan fingerprint density at radius 1 is 0.739 bits per heavy atom. The number of hydrogen-bond acceptors (Lipinski definition) is 4. The fraction of sp³-hybridized carbons (Fsp3) is 0.368. The van der Waals surface area contributed by atoms with Crippen molar-refractivity contribution in [2.75, 3.05) is 45.3 Å². The van der Waals surface area contributed by atoms with Gasteiger partial charge in [0.2, 0.25) is 0 Å². The van der Waals surface area contributed by atoms with E-state index < -0.39 is 0 Å². The largest absolute Gasteiger partial charge is 0.497 e. The van der Waals surface area contributed by atoms with Crippen LogP contribution in [0.3, 0.4) is 0 Å². The van der Waals surface area contributed by atoms with Gasteiger partial charge in [-0.2, -0.15) is 0 Å². The molecule has 0 saturated carbocycles. The van der Waals surface area contributed by atoms with Crippen molar-refractivity contribution in [1.29, 1.82) is 0 Å². The third kappa shape index (κ3) is 3.96. The van der Waals surface area contributed by atoms with E-state index in [2.05, 4.69) is 34.1 Å². The summed E-state index contributed by atoms with van der Waals surface area (Å²) in [7, 11) is 3.40. The monoisotopic (exact) mass is 312 g/mol. The summed E-state index contributed by atoms with van der Waals surface area (Å²) in [5.41, 5.74) is 2.61. The number of nitrogens with zero attached hydrogens (tertiary/aromatic N) is 2. The lowest BCUT2D eigenvalue weighted by molar-refractivity contribution is 0.250. The van der Waals surface area contributed by atoms with E-state index >= 15 is 0 Å². The number of hydrogen-bond donors (Lipinski definition) is 0. The van der Waals surface area contributed by atoms with Crippen molar-refractivity contribution in [3.8, 4) is 11.5 Å². The second-order valence-electron chi connectivity index (χ2n) is 5.81. The van der Waals surface area contributed by atoms with Gasteiger partial charge in [0.05, 0.1) is 14.2 Å². The van der Waals surface area contributed by atoms with Gasteiger partial charge in [0.15, 0.2) is 0 Å². The number of rotatable bonds is 5. The van der Waals surface area contributed by atoms with Crippen LogP contribution in [0.2, 0.25) is 0 Å². The van der Waals surface area contributed by atoms with Crippen LogP contribution in [0.15, 0.2) is 48.5 Å². The number of methoxy groups -OCH3 is 2. The third-order valence-corrected chi connectivity index (χ3v) is 4.38. The van der Waals surface area contributed by atoms with Crippen LogP contribution in [0.5, 0.6) is 11.5 Å². The summed E-state index contributed by atoms with van der Waals surface area (Å²) in [6.07, 6.45) is 0. The van der Waals surface area contributed by atoms with Crippen LogP contribution in [0.4, 0.5) is 5.69 Å². The minimum Gasteiger partial charge on any atom is -0.497 e. The fourth-order valence-corrected chi connectivity index (χ4v) is 2.95. The van der Waals surface area contributed by atoms with Gasteiger partial charge in [-0.25, -0.2) is 0 Å². The summed E-state index contributed by atoms with van der Waals surface area (Å²) in [4.78, 5) is 4.94. The van der Waals surface area contributed by atoms with Gasteiger partial charge in [0.25, 0.3) is 0 Å². The zero-order chi connectivity index (χ0) is 16.1. The molecule has 1 saturated heterocycles. The molecule has 1 heterocycles. The molecule has 2 aromatic rings. The van der Waals surface area contributed by atoms with Crippen molar-refractivity contribution in [3.63, 3.8) is 0 Å². The Kier molecular flexibility index (Phi) is 5.03. The SMILES string of the molecule is COc1ccc(CN2CCN(c3ccc(OC)cc3)CC2)cc1. The predicted molar refractivity (Wildman–Crippen MR) is 93.5 cm³/mol. The molecule has 1 aliphatic rings. The average molecular weight is 312 g/mol. The lowest BCUT2D eigenvalue weighted by Crippen LogP contribution is -2.45. The summed E-state index contributed by atoms with van der Waals surface area (Å²) in [6.45, 7) is 5.28. The molecule has 0 N–H and O–H groups in total. The summed E-state index contributed by atoms with van der Waals surface area (Å²) in [5.74, 6) is 1.82. The van der Waals surface area contributed by atoms with Crippen molar-refractivity contribution in [3.05, 3.63) is 54.1 Å². The van der Waals surface area contributed by atoms with Gasteiger partial charge in [0.1, 0.15) is 11.5 Å². The van der Waals surface area contributed by atoms with Crippen LogP contribution < -0.4 is 14.4 Å². The molecule has 0 spiro atoms. The lowest BCUT2D eigenvalue weighted by Gasteiger charge is -2.36. The number of benzene rings is 2. The van der Waals surface area contributed by atoms with Gasteiger partial charge >= 0.3 is 0 Å². The van der Waals surface area contributed by atoms with Crippen molar-refractivity contribution < 1.29 is 9.47 Å². The van der Waals surface area contributed by atoms with Gasteiger partial charge in [-0.15, -0.1) is 0 Å². The summed E-state index contributed by atoms with van der Waals surface area (Å²) in [5, 5.41) is 0. The van der Waals surface area contributed by atoms with Crippen molar-refractivity contribution in [2.24, 2.45) is 0 Å². The van der Waals surface area contributed by atoms with Crippen LogP contribution in [0, 0.1) is 0 Å². The molecule has 0 radical (unpaired) electrons. The summed E-state index contributed by atoms with van der Waals surface area (Å²) < 4.78 is 10.4. The topological polar surface area (TPSA) is 24.9 Å². The van der Waals surface area contributed by atoms with Crippen LogP contribution in [-0.4, -0.2) is 45.3 Å². The van der Waals surface area contributed by atoms with E-state index in [1.54, 1.807) is 14.2 Å². The second kappa shape index (κ2) is 7.38. The molecule has 1 aliphatic heterocycles. The van der Waals surface area contributed by atoms with Gasteiger partial charge in [-0.05, 0) is 42.0 Å². The lowest BCUT2D eigenvalue weighted by atomic mass is 10.2. The molecule has 4 nitrogen and oxygen atoms in total. The van der Waals surface area contributed by atoms with Gasteiger partial charge < -0.3 is 14.4 Å². The molecule has 0 aromatic heterocycles. The van der Waals surface area contributed by atoms with Crippen LogP contribution in [0.1, 0.15) is 5.56 Å². The number of piperazine rings is 1. The predicted octanol–water partition coefficient (Wildman–Crippen LogP) is 3.03. The van der Waals surface area contributed by atoms with E-state index in [4.69, 9.17) is 9.47 Å². The quantitative estimate of drug-likeness (QED) is 0.847. The first-order valence-corrected chi connectivity index (χ1v) is 8.03. The Morgan fingerprint density at radius 3 is 1.78 bits per heavy atom. The highest BCUT2D eigenvalue weighted by Crippen LogP contribution is 2.21.